The van der Waals surface area contributed by atoms with Gasteiger partial charge in [0.25, 0.3) is 0 Å². The van der Waals surface area contributed by atoms with Crippen molar-refractivity contribution in [1.29, 1.82) is 0 Å². The van der Waals surface area contributed by atoms with Crippen LogP contribution >= 0.6 is 15.9 Å². The average molecular weight is 272 g/mol. The van der Waals surface area contributed by atoms with Crippen LogP contribution in [-0.4, -0.2) is 11.4 Å². The van der Waals surface area contributed by atoms with Gasteiger partial charge in [-0.1, -0.05) is 29.8 Å². The fourth-order valence-electron chi connectivity index (χ4n) is 5.70. The van der Waals surface area contributed by atoms with Crippen LogP contribution < -0.4 is 5.73 Å². The minimum Gasteiger partial charge on any atom is -0.330 e. The second kappa shape index (κ2) is 2.81. The Kier molecular flexibility index (Phi) is 1.99. The van der Waals surface area contributed by atoms with Gasteiger partial charge < -0.3 is 5.73 Å². The lowest BCUT2D eigenvalue weighted by Crippen LogP contribution is -2.62. The number of rotatable bonds is 1. The van der Waals surface area contributed by atoms with E-state index in [2.05, 4.69) is 29.8 Å². The normalized spacial score (nSPS) is 62.4. The summed E-state index contributed by atoms with van der Waals surface area (Å²) in [4.78, 5) is 0.691. The highest BCUT2D eigenvalue weighted by atomic mass is 79.9. The fraction of sp³-hybridized carbons (Fsp3) is 1.00. The molecular weight excluding hydrogens is 250 g/mol. The van der Waals surface area contributed by atoms with Crippen LogP contribution in [-0.2, 0) is 0 Å². The van der Waals surface area contributed by atoms with Gasteiger partial charge in [-0.25, -0.2) is 0 Å². The predicted molar refractivity (Wildman–Crippen MR) is 67.0 cm³/mol. The van der Waals surface area contributed by atoms with Crippen LogP contribution in [0.15, 0.2) is 0 Å². The first-order valence-corrected chi connectivity index (χ1v) is 7.16. The Morgan fingerprint density at radius 2 is 1.67 bits per heavy atom. The van der Waals surface area contributed by atoms with E-state index in [0.29, 0.717) is 21.1 Å². The molecule has 4 bridgehead atoms. The monoisotopic (exact) mass is 271 g/mol. The molecule has 4 saturated carbocycles. The smallest absolute Gasteiger partial charge is 0.0243 e. The molecule has 15 heavy (non-hydrogen) atoms. The molecule has 2 N–H and O–H groups in total. The van der Waals surface area contributed by atoms with Crippen molar-refractivity contribution in [2.75, 3.05) is 6.54 Å². The second-order valence-electron chi connectivity index (χ2n) is 7.29. The molecule has 0 aliphatic heterocycles. The van der Waals surface area contributed by atoms with Gasteiger partial charge in [0.2, 0.25) is 0 Å². The summed E-state index contributed by atoms with van der Waals surface area (Å²) in [7, 11) is 0. The van der Waals surface area contributed by atoms with E-state index < -0.39 is 0 Å². The van der Waals surface area contributed by atoms with Crippen LogP contribution in [0.2, 0.25) is 0 Å². The van der Waals surface area contributed by atoms with Crippen LogP contribution in [0.25, 0.3) is 0 Å². The molecule has 4 rings (SSSR count). The molecule has 0 amide bonds. The molecule has 0 saturated heterocycles. The van der Waals surface area contributed by atoms with E-state index >= 15 is 0 Å². The van der Waals surface area contributed by atoms with Crippen molar-refractivity contribution in [2.24, 2.45) is 27.9 Å². The van der Waals surface area contributed by atoms with Crippen LogP contribution in [0, 0.1) is 22.2 Å². The first kappa shape index (κ1) is 10.6. The van der Waals surface area contributed by atoms with Crippen molar-refractivity contribution < 1.29 is 0 Å². The Balaban J connectivity index is 2.05. The highest BCUT2D eigenvalue weighted by Gasteiger charge is 2.63. The third-order valence-electron chi connectivity index (χ3n) is 5.33. The summed E-state index contributed by atoms with van der Waals surface area (Å²) in [5.41, 5.74) is 7.72. The Bertz CT molecular complexity index is 283. The highest BCUT2D eigenvalue weighted by molar-refractivity contribution is 9.09. The first-order valence-electron chi connectivity index (χ1n) is 6.25. The largest absolute Gasteiger partial charge is 0.330 e. The molecule has 86 valence electrons. The minimum atomic E-state index is 0.420. The van der Waals surface area contributed by atoms with E-state index in [1.54, 1.807) is 0 Å². The summed E-state index contributed by atoms with van der Waals surface area (Å²) < 4.78 is 0. The molecule has 0 spiro atoms. The molecule has 1 nitrogen and oxygen atoms in total. The highest BCUT2D eigenvalue weighted by Crippen LogP contribution is 2.70. The van der Waals surface area contributed by atoms with Crippen LogP contribution in [0.5, 0.6) is 0 Å². The summed E-state index contributed by atoms with van der Waals surface area (Å²) in [5.74, 6) is 0.889. The number of halogens is 1. The van der Waals surface area contributed by atoms with Crippen LogP contribution in [0.4, 0.5) is 0 Å². The van der Waals surface area contributed by atoms with Gasteiger partial charge in [0.1, 0.15) is 0 Å². The standard InChI is InChI=1S/C13H22BrN/c1-11-3-9-4-12(2,5-11)7-13(6-11,8-15)10(9)14/h9-10H,3-8,15H2,1-2H3. The quantitative estimate of drug-likeness (QED) is 0.728. The zero-order chi connectivity index (χ0) is 10.9. The van der Waals surface area contributed by atoms with Crippen molar-refractivity contribution in [1.82, 2.24) is 0 Å². The number of alkyl halides is 1. The second-order valence-corrected chi connectivity index (χ2v) is 8.27. The van der Waals surface area contributed by atoms with E-state index in [1.807, 2.05) is 0 Å². The molecule has 0 heterocycles. The number of nitrogens with two attached hydrogens (primary N) is 1. The molecule has 2 heteroatoms. The minimum absolute atomic E-state index is 0.420. The van der Waals surface area contributed by atoms with E-state index in [9.17, 15) is 0 Å². The van der Waals surface area contributed by atoms with Gasteiger partial charge >= 0.3 is 0 Å². The number of hydrogen-bond acceptors (Lipinski definition) is 1. The lowest BCUT2D eigenvalue weighted by Gasteiger charge is -2.67. The number of hydrogen-bond donors (Lipinski definition) is 1. The Morgan fingerprint density at radius 3 is 2.13 bits per heavy atom. The molecule has 0 aromatic heterocycles. The summed E-state index contributed by atoms with van der Waals surface area (Å²) in [6.07, 6.45) is 7.02. The third kappa shape index (κ3) is 1.30. The van der Waals surface area contributed by atoms with Crippen molar-refractivity contribution >= 4 is 15.9 Å². The lowest BCUT2D eigenvalue weighted by atomic mass is 9.40. The predicted octanol–water partition coefficient (Wildman–Crippen LogP) is 3.32. The maximum Gasteiger partial charge on any atom is 0.0243 e. The first-order chi connectivity index (χ1) is 6.90. The zero-order valence-corrected chi connectivity index (χ0v) is 11.4. The van der Waals surface area contributed by atoms with Crippen LogP contribution in [0.3, 0.4) is 0 Å². The van der Waals surface area contributed by atoms with Gasteiger partial charge in [-0.05, 0) is 60.8 Å². The topological polar surface area (TPSA) is 26.0 Å². The van der Waals surface area contributed by atoms with Crippen molar-refractivity contribution in [3.05, 3.63) is 0 Å². The summed E-state index contributed by atoms with van der Waals surface area (Å²) in [6, 6.07) is 0. The van der Waals surface area contributed by atoms with Gasteiger partial charge in [-0.15, -0.1) is 0 Å². The Hall–Kier alpha value is 0.440. The SMILES string of the molecule is CC12CC3CC(C)(C1)CC(CN)(C2)C3Br. The van der Waals surface area contributed by atoms with Gasteiger partial charge in [-0.2, -0.15) is 0 Å². The Labute approximate surface area is 101 Å². The van der Waals surface area contributed by atoms with Gasteiger partial charge in [0.05, 0.1) is 0 Å². The molecule has 4 aliphatic rings. The van der Waals surface area contributed by atoms with E-state index in [4.69, 9.17) is 5.73 Å². The molecule has 3 atom stereocenters. The molecule has 0 radical (unpaired) electrons. The van der Waals surface area contributed by atoms with E-state index in [0.717, 1.165) is 12.5 Å². The average Bonchev–Trinajstić information content (AvgIpc) is 2.10. The zero-order valence-electron chi connectivity index (χ0n) is 9.85. The summed E-state index contributed by atoms with van der Waals surface area (Å²) >= 11 is 3.97. The molecule has 0 aromatic rings. The lowest BCUT2D eigenvalue weighted by molar-refractivity contribution is -0.133. The van der Waals surface area contributed by atoms with Gasteiger partial charge in [0, 0.05) is 4.83 Å². The molecule has 4 fully saturated rings. The van der Waals surface area contributed by atoms with Crippen molar-refractivity contribution in [2.45, 2.75) is 50.8 Å². The summed E-state index contributed by atoms with van der Waals surface area (Å²) in [5, 5.41) is 0. The maximum atomic E-state index is 6.11. The van der Waals surface area contributed by atoms with Crippen molar-refractivity contribution in [3.8, 4) is 0 Å². The van der Waals surface area contributed by atoms with E-state index in [-0.39, 0.29) is 0 Å². The molecule has 0 aromatic carbocycles. The van der Waals surface area contributed by atoms with Gasteiger partial charge in [0.15, 0.2) is 0 Å². The summed E-state index contributed by atoms with van der Waals surface area (Å²) in [6.45, 7) is 5.88. The van der Waals surface area contributed by atoms with Crippen molar-refractivity contribution in [3.63, 3.8) is 0 Å². The van der Waals surface area contributed by atoms with Gasteiger partial charge in [-0.3, -0.25) is 0 Å². The maximum absolute atomic E-state index is 6.11. The molecule has 4 aliphatic carbocycles. The Morgan fingerprint density at radius 1 is 1.13 bits per heavy atom. The van der Waals surface area contributed by atoms with Crippen LogP contribution in [0.1, 0.15) is 46.0 Å². The fourth-order valence-corrected chi connectivity index (χ4v) is 6.59. The molecule has 3 unspecified atom stereocenters. The molecular formula is C13H22BrN. The van der Waals surface area contributed by atoms with E-state index in [1.165, 1.54) is 32.1 Å². The third-order valence-corrected chi connectivity index (χ3v) is 7.05.